The van der Waals surface area contributed by atoms with Crippen molar-refractivity contribution in [2.45, 2.75) is 39.7 Å². The van der Waals surface area contributed by atoms with Gasteiger partial charge in [0.15, 0.2) is 0 Å². The molecule has 1 saturated heterocycles. The summed E-state index contributed by atoms with van der Waals surface area (Å²) in [6.45, 7) is 6.68. The summed E-state index contributed by atoms with van der Waals surface area (Å²) in [6, 6.07) is 17.3. The van der Waals surface area contributed by atoms with Crippen molar-refractivity contribution in [2.24, 2.45) is 0 Å². The van der Waals surface area contributed by atoms with E-state index in [1.165, 1.54) is 21.9 Å². The fourth-order valence-corrected chi connectivity index (χ4v) is 6.88. The average Bonchev–Trinajstić information content (AvgIpc) is 3.08. The summed E-state index contributed by atoms with van der Waals surface area (Å²) in [5.41, 5.74) is 2.53. The van der Waals surface area contributed by atoms with Gasteiger partial charge in [0.25, 0.3) is 5.91 Å². The molecular weight excluding hydrogens is 626 g/mol. The second kappa shape index (κ2) is 17.2. The van der Waals surface area contributed by atoms with E-state index in [1.807, 2.05) is 37.3 Å². The molecule has 3 amide bonds. The molecule has 2 heterocycles. The lowest BCUT2D eigenvalue weighted by Gasteiger charge is -2.36. The Balaban J connectivity index is 1.61. The summed E-state index contributed by atoms with van der Waals surface area (Å²) in [4.78, 5) is 47.9. The first-order chi connectivity index (χ1) is 22.7. The van der Waals surface area contributed by atoms with Crippen LogP contribution in [-0.2, 0) is 23.1 Å². The summed E-state index contributed by atoms with van der Waals surface area (Å²) in [7, 11) is -3.79. The summed E-state index contributed by atoms with van der Waals surface area (Å²) < 4.78 is 43.6. The number of rotatable bonds is 14. The number of carbonyl (C=O) groups excluding carboxylic acids is 3. The number of carbonyl (C=O) groups is 3. The SMILES string of the molecule is CCCCOC(=O)N1CCN(C(=O)C(CP(=O)(OCC)OCC)NC(=O)c2cc(-c3ccccc3)cc(-c3ccc(F)cc3)n2)CC1. The zero-order chi connectivity index (χ0) is 33.8. The quantitative estimate of drug-likeness (QED) is 0.164. The molecule has 0 aliphatic carbocycles. The molecule has 1 unspecified atom stereocenters. The van der Waals surface area contributed by atoms with Gasteiger partial charge in [-0.25, -0.2) is 14.2 Å². The third-order valence-corrected chi connectivity index (χ3v) is 9.65. The number of hydrogen-bond acceptors (Lipinski definition) is 8. The first kappa shape index (κ1) is 35.7. The van der Waals surface area contributed by atoms with Crippen LogP contribution in [0.5, 0.6) is 0 Å². The normalized spacial score (nSPS) is 14.0. The summed E-state index contributed by atoms with van der Waals surface area (Å²) in [6.07, 6.45) is 0.825. The minimum Gasteiger partial charge on any atom is -0.449 e. The monoisotopic (exact) mass is 668 g/mol. The zero-order valence-electron chi connectivity index (χ0n) is 27.0. The fourth-order valence-electron chi connectivity index (χ4n) is 5.11. The van der Waals surface area contributed by atoms with Crippen LogP contribution in [-0.4, -0.2) is 90.9 Å². The molecule has 0 saturated carbocycles. The van der Waals surface area contributed by atoms with Gasteiger partial charge in [-0.1, -0.05) is 43.7 Å². The van der Waals surface area contributed by atoms with E-state index in [2.05, 4.69) is 10.3 Å². The van der Waals surface area contributed by atoms with Crippen LogP contribution in [0.4, 0.5) is 9.18 Å². The van der Waals surface area contributed by atoms with Gasteiger partial charge in [-0.2, -0.15) is 0 Å². The van der Waals surface area contributed by atoms with Gasteiger partial charge in [0.05, 0.1) is 31.7 Å². The number of benzene rings is 2. The fraction of sp³-hybridized carbons (Fsp3) is 0.412. The lowest BCUT2D eigenvalue weighted by Crippen LogP contribution is -2.57. The van der Waals surface area contributed by atoms with Crippen LogP contribution < -0.4 is 5.32 Å². The molecule has 0 bridgehead atoms. The molecule has 1 atom stereocenters. The largest absolute Gasteiger partial charge is 0.449 e. The van der Waals surface area contributed by atoms with Gasteiger partial charge in [0.2, 0.25) is 5.91 Å². The third-order valence-electron chi connectivity index (χ3n) is 7.54. The van der Waals surface area contributed by atoms with E-state index in [4.69, 9.17) is 13.8 Å². The van der Waals surface area contributed by atoms with Crippen LogP contribution in [0.25, 0.3) is 22.4 Å². The molecule has 0 radical (unpaired) electrons. The highest BCUT2D eigenvalue weighted by atomic mass is 31.2. The Morgan fingerprint density at radius 1 is 0.872 bits per heavy atom. The van der Waals surface area contributed by atoms with E-state index in [9.17, 15) is 23.3 Å². The second-order valence-corrected chi connectivity index (χ2v) is 13.0. The van der Waals surface area contributed by atoms with E-state index in [0.717, 1.165) is 18.4 Å². The highest BCUT2D eigenvalue weighted by Gasteiger charge is 2.37. The second-order valence-electron chi connectivity index (χ2n) is 10.9. The average molecular weight is 669 g/mol. The van der Waals surface area contributed by atoms with Crippen LogP contribution in [0.3, 0.4) is 0 Å². The number of aromatic nitrogens is 1. The van der Waals surface area contributed by atoms with E-state index >= 15 is 0 Å². The maximum absolute atomic E-state index is 13.9. The van der Waals surface area contributed by atoms with Crippen molar-refractivity contribution in [1.82, 2.24) is 20.1 Å². The molecule has 3 aromatic rings. The molecule has 1 aliphatic heterocycles. The summed E-state index contributed by atoms with van der Waals surface area (Å²) in [5.74, 6) is -1.58. The maximum atomic E-state index is 13.9. The molecule has 1 N–H and O–H groups in total. The minimum atomic E-state index is -3.79. The highest BCUT2D eigenvalue weighted by Crippen LogP contribution is 2.48. The Kier molecular flexibility index (Phi) is 13.0. The molecule has 13 heteroatoms. The number of nitrogens with one attached hydrogen (secondary N) is 1. The number of unbranched alkanes of at least 4 members (excludes halogenated alkanes) is 1. The number of ether oxygens (including phenoxy) is 1. The number of amides is 3. The topological polar surface area (TPSA) is 127 Å². The Labute approximate surface area is 274 Å². The molecule has 4 rings (SSSR count). The smallest absolute Gasteiger partial charge is 0.409 e. The van der Waals surface area contributed by atoms with Crippen LogP contribution in [0.2, 0.25) is 0 Å². The molecule has 2 aromatic carbocycles. The van der Waals surface area contributed by atoms with Crippen LogP contribution in [0.15, 0.2) is 66.7 Å². The van der Waals surface area contributed by atoms with Crippen molar-refractivity contribution in [3.05, 3.63) is 78.2 Å². The van der Waals surface area contributed by atoms with Crippen LogP contribution in [0, 0.1) is 5.82 Å². The van der Waals surface area contributed by atoms with Gasteiger partial charge in [-0.15, -0.1) is 0 Å². The van der Waals surface area contributed by atoms with Crippen molar-refractivity contribution in [2.75, 3.05) is 52.2 Å². The number of piperazine rings is 1. The van der Waals surface area contributed by atoms with Crippen molar-refractivity contribution in [1.29, 1.82) is 0 Å². The predicted octanol–water partition coefficient (Wildman–Crippen LogP) is 6.00. The third kappa shape index (κ3) is 9.93. The van der Waals surface area contributed by atoms with E-state index < -0.39 is 43.5 Å². The van der Waals surface area contributed by atoms with Crippen molar-refractivity contribution in [3.63, 3.8) is 0 Å². The minimum absolute atomic E-state index is 0.00535. The molecule has 252 valence electrons. The van der Waals surface area contributed by atoms with E-state index in [-0.39, 0.29) is 45.1 Å². The summed E-state index contributed by atoms with van der Waals surface area (Å²) in [5, 5.41) is 2.75. The highest BCUT2D eigenvalue weighted by molar-refractivity contribution is 7.54. The van der Waals surface area contributed by atoms with Crippen molar-refractivity contribution in [3.8, 4) is 22.4 Å². The zero-order valence-corrected chi connectivity index (χ0v) is 27.9. The van der Waals surface area contributed by atoms with Crippen LogP contribution >= 0.6 is 7.60 Å². The Hall–Kier alpha value is -4.12. The first-order valence-corrected chi connectivity index (χ1v) is 17.6. The van der Waals surface area contributed by atoms with Crippen molar-refractivity contribution < 1.29 is 37.1 Å². The number of halogens is 1. The number of nitrogens with zero attached hydrogens (tertiary/aromatic N) is 3. The standard InChI is InChI=1S/C34H42FN4O7P/c1-4-7-21-44-34(42)39-19-17-38(18-20-39)33(41)31(24-47(43,45-5-2)46-6-3)37-32(40)30-23-27(25-11-9-8-10-12-25)22-29(36-30)26-13-15-28(35)16-14-26/h8-16,22-23,31H,4-7,17-21,24H2,1-3H3,(H,37,40). The lowest BCUT2D eigenvalue weighted by atomic mass is 10.0. The molecule has 1 aliphatic rings. The Morgan fingerprint density at radius 2 is 1.51 bits per heavy atom. The van der Waals surface area contributed by atoms with Gasteiger partial charge in [-0.05, 0) is 67.8 Å². The maximum Gasteiger partial charge on any atom is 0.409 e. The molecular formula is C34H42FN4O7P. The van der Waals surface area contributed by atoms with Gasteiger partial charge in [0.1, 0.15) is 17.6 Å². The van der Waals surface area contributed by atoms with Gasteiger partial charge in [0, 0.05) is 31.7 Å². The Bertz CT molecular complexity index is 1540. The molecule has 1 fully saturated rings. The molecule has 0 spiro atoms. The predicted molar refractivity (Wildman–Crippen MR) is 176 cm³/mol. The van der Waals surface area contributed by atoms with Gasteiger partial charge in [-0.3, -0.25) is 14.2 Å². The number of pyridine rings is 1. The van der Waals surface area contributed by atoms with Gasteiger partial charge < -0.3 is 28.9 Å². The lowest BCUT2D eigenvalue weighted by molar-refractivity contribution is -0.134. The van der Waals surface area contributed by atoms with Gasteiger partial charge >= 0.3 is 13.7 Å². The molecule has 1 aromatic heterocycles. The van der Waals surface area contributed by atoms with E-state index in [0.29, 0.717) is 23.4 Å². The Morgan fingerprint density at radius 3 is 2.13 bits per heavy atom. The molecule has 11 nitrogen and oxygen atoms in total. The first-order valence-electron chi connectivity index (χ1n) is 15.9. The van der Waals surface area contributed by atoms with Crippen LogP contribution in [0.1, 0.15) is 44.1 Å². The van der Waals surface area contributed by atoms with E-state index in [1.54, 1.807) is 38.1 Å². The number of hydrogen-bond donors (Lipinski definition) is 1. The molecule has 47 heavy (non-hydrogen) atoms. The summed E-state index contributed by atoms with van der Waals surface area (Å²) >= 11 is 0. The van der Waals surface area contributed by atoms with Crippen molar-refractivity contribution >= 4 is 25.5 Å².